The van der Waals surface area contributed by atoms with E-state index in [1.165, 1.54) is 22.8 Å². The maximum absolute atomic E-state index is 12.6. The van der Waals surface area contributed by atoms with Crippen molar-refractivity contribution in [3.8, 4) is 0 Å². The smallest absolute Gasteiger partial charge is 0.353 e. The maximum atomic E-state index is 12.6. The number of benzene rings is 1. The molecule has 170 valence electrons. The summed E-state index contributed by atoms with van der Waals surface area (Å²) in [6.07, 6.45) is 1.95. The first kappa shape index (κ1) is 23.6. The second-order valence-corrected chi connectivity index (χ2v) is 9.64. The van der Waals surface area contributed by atoms with Gasteiger partial charge in [-0.3, -0.25) is 10.1 Å². The van der Waals surface area contributed by atoms with E-state index < -0.39 is 14.9 Å². The number of nitrogens with zero attached hydrogens (tertiary/aromatic N) is 4. The molecule has 0 bridgehead atoms. The number of thiophene rings is 1. The lowest BCUT2D eigenvalue weighted by molar-refractivity contribution is -0.383. The van der Waals surface area contributed by atoms with Crippen molar-refractivity contribution in [1.29, 1.82) is 0 Å². The van der Waals surface area contributed by atoms with Crippen LogP contribution in [0.15, 0.2) is 53.0 Å². The molecule has 0 aliphatic heterocycles. The predicted molar refractivity (Wildman–Crippen MR) is 125 cm³/mol. The highest BCUT2D eigenvalue weighted by molar-refractivity contribution is 7.89. The van der Waals surface area contributed by atoms with E-state index in [-0.39, 0.29) is 22.2 Å². The topological polar surface area (TPSA) is 130 Å². The monoisotopic (exact) mass is 476 g/mol. The molecule has 0 aliphatic rings. The molecular weight excluding hydrogens is 452 g/mol. The van der Waals surface area contributed by atoms with E-state index >= 15 is 0 Å². The molecule has 3 aromatic rings. The normalized spacial score (nSPS) is 11.5. The van der Waals surface area contributed by atoms with Crippen molar-refractivity contribution >= 4 is 44.4 Å². The largest absolute Gasteiger partial charge is 0.364 e. The molecule has 0 aliphatic carbocycles. The Labute approximate surface area is 190 Å². The molecule has 0 saturated carbocycles. The molecule has 0 fully saturated rings. The first-order chi connectivity index (χ1) is 15.4. The first-order valence-electron chi connectivity index (χ1n) is 9.99. The van der Waals surface area contributed by atoms with Gasteiger partial charge in [-0.15, -0.1) is 11.3 Å². The van der Waals surface area contributed by atoms with Crippen LogP contribution in [0.4, 0.5) is 23.0 Å². The first-order valence-corrected chi connectivity index (χ1v) is 12.3. The van der Waals surface area contributed by atoms with Crippen LogP contribution in [0.3, 0.4) is 0 Å². The third kappa shape index (κ3) is 5.39. The fourth-order valence-electron chi connectivity index (χ4n) is 3.09. The molecule has 3 rings (SSSR count). The summed E-state index contributed by atoms with van der Waals surface area (Å²) < 4.78 is 26.6. The lowest BCUT2D eigenvalue weighted by atomic mass is 10.3. The van der Waals surface area contributed by atoms with Gasteiger partial charge in [0, 0.05) is 30.2 Å². The van der Waals surface area contributed by atoms with E-state index in [9.17, 15) is 18.5 Å². The van der Waals surface area contributed by atoms with Crippen molar-refractivity contribution in [1.82, 2.24) is 14.3 Å². The van der Waals surface area contributed by atoms with Gasteiger partial charge in [0.05, 0.1) is 9.82 Å². The Kier molecular flexibility index (Phi) is 7.72. The number of aromatic nitrogens is 2. The molecule has 0 spiro atoms. The highest BCUT2D eigenvalue weighted by Crippen LogP contribution is 2.31. The molecule has 0 atom stereocenters. The molecule has 0 radical (unpaired) electrons. The maximum Gasteiger partial charge on any atom is 0.353 e. The fourth-order valence-corrected chi connectivity index (χ4v) is 5.26. The Balaban J connectivity index is 1.78. The lowest BCUT2D eigenvalue weighted by Gasteiger charge is -2.18. The zero-order valence-electron chi connectivity index (χ0n) is 17.7. The number of nitro groups is 1. The van der Waals surface area contributed by atoms with Gasteiger partial charge in [-0.1, -0.05) is 19.9 Å². The fraction of sp³-hybridized carbons (Fsp3) is 0.300. The number of anilines is 3. The minimum atomic E-state index is -3.59. The zero-order chi connectivity index (χ0) is 23.1. The van der Waals surface area contributed by atoms with Crippen molar-refractivity contribution in [3.63, 3.8) is 0 Å². The van der Waals surface area contributed by atoms with E-state index in [2.05, 4.69) is 20.6 Å². The lowest BCUT2D eigenvalue weighted by Crippen LogP contribution is -2.30. The van der Waals surface area contributed by atoms with Gasteiger partial charge in [0.2, 0.25) is 21.7 Å². The van der Waals surface area contributed by atoms with Crippen LogP contribution < -0.4 is 10.6 Å². The highest BCUT2D eigenvalue weighted by atomic mass is 32.2. The summed E-state index contributed by atoms with van der Waals surface area (Å²) in [5, 5.41) is 19.6. The Morgan fingerprint density at radius 3 is 2.38 bits per heavy atom. The minimum Gasteiger partial charge on any atom is -0.364 e. The summed E-state index contributed by atoms with van der Waals surface area (Å²) in [4.78, 5) is 20.5. The van der Waals surface area contributed by atoms with Crippen molar-refractivity contribution in [2.45, 2.75) is 25.2 Å². The second-order valence-electron chi connectivity index (χ2n) is 6.67. The van der Waals surface area contributed by atoms with E-state index in [1.54, 1.807) is 37.3 Å². The van der Waals surface area contributed by atoms with Crippen molar-refractivity contribution in [2.75, 3.05) is 30.3 Å². The van der Waals surface area contributed by atoms with E-state index in [4.69, 9.17) is 0 Å². The Morgan fingerprint density at radius 2 is 1.78 bits per heavy atom. The van der Waals surface area contributed by atoms with Crippen LogP contribution in [0.25, 0.3) is 0 Å². The number of hydrogen-bond donors (Lipinski definition) is 2. The van der Waals surface area contributed by atoms with Gasteiger partial charge >= 0.3 is 5.69 Å². The number of hydrogen-bond acceptors (Lipinski definition) is 9. The third-order valence-electron chi connectivity index (χ3n) is 4.71. The number of sulfonamides is 1. The average molecular weight is 477 g/mol. The van der Waals surface area contributed by atoms with Crippen LogP contribution >= 0.6 is 11.3 Å². The zero-order valence-corrected chi connectivity index (χ0v) is 19.3. The van der Waals surface area contributed by atoms with Crippen molar-refractivity contribution in [2.24, 2.45) is 0 Å². The standard InChI is InChI=1S/C20H24N6O4S2/c1-3-25(4-2)32(29,30)17-9-7-15(8-10-17)24-20-18(26(27)28)19(22-14-23-20)21-12-11-16-6-5-13-31-16/h5-10,13-14H,3-4,11-12H2,1-2H3,(H2,21,22,23,24). The summed E-state index contributed by atoms with van der Waals surface area (Å²) in [5.74, 6) is 0.132. The Morgan fingerprint density at radius 1 is 1.09 bits per heavy atom. The molecule has 0 amide bonds. The van der Waals surface area contributed by atoms with Gasteiger partial charge in [-0.2, -0.15) is 4.31 Å². The van der Waals surface area contributed by atoms with Gasteiger partial charge in [0.1, 0.15) is 6.33 Å². The molecule has 1 aromatic carbocycles. The summed E-state index contributed by atoms with van der Waals surface area (Å²) in [6, 6.07) is 9.97. The molecule has 10 nitrogen and oxygen atoms in total. The minimum absolute atomic E-state index is 0.0166. The second kappa shape index (κ2) is 10.5. The van der Waals surface area contributed by atoms with E-state index in [1.807, 2.05) is 17.5 Å². The molecule has 12 heteroatoms. The Hall–Kier alpha value is -3.09. The average Bonchev–Trinajstić information content (AvgIpc) is 3.28. The highest BCUT2D eigenvalue weighted by Gasteiger charge is 2.24. The third-order valence-corrected chi connectivity index (χ3v) is 7.71. The molecule has 32 heavy (non-hydrogen) atoms. The van der Waals surface area contributed by atoms with E-state index in [0.29, 0.717) is 31.7 Å². The van der Waals surface area contributed by atoms with E-state index in [0.717, 1.165) is 4.88 Å². The van der Waals surface area contributed by atoms with Gasteiger partial charge in [0.25, 0.3) is 0 Å². The summed E-state index contributed by atoms with van der Waals surface area (Å²) in [5.41, 5.74) is 0.188. The summed E-state index contributed by atoms with van der Waals surface area (Å²) >= 11 is 1.62. The van der Waals surface area contributed by atoms with Crippen molar-refractivity contribution < 1.29 is 13.3 Å². The number of rotatable bonds is 11. The molecule has 2 N–H and O–H groups in total. The van der Waals surface area contributed by atoms with Crippen LogP contribution in [0.1, 0.15) is 18.7 Å². The van der Waals surface area contributed by atoms with Crippen molar-refractivity contribution in [3.05, 3.63) is 63.1 Å². The van der Waals surface area contributed by atoms with Gasteiger partial charge in [0.15, 0.2) is 0 Å². The SMILES string of the molecule is CCN(CC)S(=O)(=O)c1ccc(Nc2ncnc(NCCc3cccs3)c2[N+](=O)[O-])cc1. The Bertz CT molecular complexity index is 1150. The van der Waals surface area contributed by atoms with Crippen LogP contribution in [0, 0.1) is 10.1 Å². The number of nitrogens with one attached hydrogen (secondary N) is 2. The van der Waals surface area contributed by atoms with Gasteiger partial charge < -0.3 is 10.6 Å². The molecule has 2 heterocycles. The van der Waals surface area contributed by atoms with Crippen LogP contribution in [0.5, 0.6) is 0 Å². The van der Waals surface area contributed by atoms with Crippen LogP contribution in [0.2, 0.25) is 0 Å². The quantitative estimate of drug-likeness (QED) is 0.315. The molecule has 2 aromatic heterocycles. The molecule has 0 saturated heterocycles. The van der Waals surface area contributed by atoms with Crippen LogP contribution in [-0.2, 0) is 16.4 Å². The molecule has 0 unspecified atom stereocenters. The van der Waals surface area contributed by atoms with Gasteiger partial charge in [-0.25, -0.2) is 18.4 Å². The van der Waals surface area contributed by atoms with Gasteiger partial charge in [-0.05, 0) is 42.1 Å². The van der Waals surface area contributed by atoms with Crippen LogP contribution in [-0.4, -0.2) is 47.2 Å². The summed E-state index contributed by atoms with van der Waals surface area (Å²) in [6.45, 7) is 4.77. The predicted octanol–water partition coefficient (Wildman–Crippen LogP) is 3.88. The summed E-state index contributed by atoms with van der Waals surface area (Å²) in [7, 11) is -3.59. The molecular formula is C20H24N6O4S2.